The lowest BCUT2D eigenvalue weighted by Gasteiger charge is -2.41. The Morgan fingerprint density at radius 3 is 2.68 bits per heavy atom. The van der Waals surface area contributed by atoms with Crippen molar-refractivity contribution in [2.45, 2.75) is 52.0 Å². The van der Waals surface area contributed by atoms with Crippen LogP contribution in [0.2, 0.25) is 0 Å². The highest BCUT2D eigenvalue weighted by Gasteiger charge is 2.37. The highest BCUT2D eigenvalue weighted by molar-refractivity contribution is 5.39. The van der Waals surface area contributed by atoms with Gasteiger partial charge in [-0.3, -0.25) is 0 Å². The van der Waals surface area contributed by atoms with Gasteiger partial charge in [-0.05, 0) is 43.6 Å². The number of ether oxygens (including phenoxy) is 1. The van der Waals surface area contributed by atoms with E-state index in [2.05, 4.69) is 39.0 Å². The molecule has 1 aliphatic rings. The van der Waals surface area contributed by atoms with Crippen molar-refractivity contribution < 1.29 is 4.74 Å². The van der Waals surface area contributed by atoms with Crippen molar-refractivity contribution in [3.05, 3.63) is 29.8 Å². The van der Waals surface area contributed by atoms with Gasteiger partial charge in [0.15, 0.2) is 0 Å². The molecule has 106 valence electrons. The van der Waals surface area contributed by atoms with Crippen LogP contribution in [0.3, 0.4) is 0 Å². The standard InChI is InChI=1S/C17H27NO/c1-4-11-19-16-8-6-5-7-15(16)17(18)10-9-13(2)14(3)12-17/h5-8,13-14H,4,9-12,18H2,1-3H3. The third kappa shape index (κ3) is 3.11. The van der Waals surface area contributed by atoms with Crippen molar-refractivity contribution in [2.24, 2.45) is 17.6 Å². The van der Waals surface area contributed by atoms with Crippen molar-refractivity contribution >= 4 is 0 Å². The molecule has 0 aromatic heterocycles. The highest BCUT2D eigenvalue weighted by atomic mass is 16.5. The van der Waals surface area contributed by atoms with Gasteiger partial charge in [0.25, 0.3) is 0 Å². The lowest BCUT2D eigenvalue weighted by atomic mass is 9.69. The van der Waals surface area contributed by atoms with E-state index >= 15 is 0 Å². The predicted octanol–water partition coefficient (Wildman–Crippen LogP) is 4.09. The normalized spacial score (nSPS) is 31.2. The second kappa shape index (κ2) is 5.96. The zero-order chi connectivity index (χ0) is 13.9. The Kier molecular flexibility index (Phi) is 4.51. The summed E-state index contributed by atoms with van der Waals surface area (Å²) in [6, 6.07) is 8.31. The second-order valence-corrected chi connectivity index (χ2v) is 6.20. The van der Waals surface area contributed by atoms with E-state index in [9.17, 15) is 0 Å². The first-order valence-electron chi connectivity index (χ1n) is 7.58. The molecule has 1 saturated carbocycles. The smallest absolute Gasteiger partial charge is 0.124 e. The molecule has 1 aromatic rings. The first-order chi connectivity index (χ1) is 9.07. The van der Waals surface area contributed by atoms with Crippen LogP contribution < -0.4 is 10.5 Å². The van der Waals surface area contributed by atoms with E-state index in [0.717, 1.165) is 37.5 Å². The minimum absolute atomic E-state index is 0.212. The zero-order valence-corrected chi connectivity index (χ0v) is 12.5. The third-order valence-corrected chi connectivity index (χ3v) is 4.59. The molecule has 3 atom stereocenters. The molecule has 1 fully saturated rings. The van der Waals surface area contributed by atoms with Crippen LogP contribution in [0.4, 0.5) is 0 Å². The Labute approximate surface area is 117 Å². The first-order valence-corrected chi connectivity index (χ1v) is 7.58. The molecular formula is C17H27NO. The fourth-order valence-corrected chi connectivity index (χ4v) is 3.11. The van der Waals surface area contributed by atoms with Gasteiger partial charge in [-0.1, -0.05) is 39.0 Å². The van der Waals surface area contributed by atoms with Crippen molar-refractivity contribution in [1.82, 2.24) is 0 Å². The van der Waals surface area contributed by atoms with E-state index < -0.39 is 0 Å². The van der Waals surface area contributed by atoms with Crippen LogP contribution >= 0.6 is 0 Å². The maximum absolute atomic E-state index is 6.73. The van der Waals surface area contributed by atoms with E-state index in [1.165, 1.54) is 12.0 Å². The van der Waals surface area contributed by atoms with Crippen LogP contribution in [0.1, 0.15) is 52.0 Å². The molecule has 1 aliphatic carbocycles. The highest BCUT2D eigenvalue weighted by Crippen LogP contribution is 2.43. The number of para-hydroxylation sites is 1. The summed E-state index contributed by atoms with van der Waals surface area (Å²) < 4.78 is 5.89. The van der Waals surface area contributed by atoms with Gasteiger partial charge in [-0.2, -0.15) is 0 Å². The average molecular weight is 261 g/mol. The summed E-state index contributed by atoms with van der Waals surface area (Å²) in [6.45, 7) is 7.55. The number of nitrogens with two attached hydrogens (primary N) is 1. The molecule has 2 nitrogen and oxygen atoms in total. The molecule has 0 amide bonds. The molecule has 2 rings (SSSR count). The number of hydrogen-bond donors (Lipinski definition) is 1. The Morgan fingerprint density at radius 2 is 2.00 bits per heavy atom. The summed E-state index contributed by atoms with van der Waals surface area (Å²) in [5.41, 5.74) is 7.71. The van der Waals surface area contributed by atoms with Crippen molar-refractivity contribution in [3.63, 3.8) is 0 Å². The maximum Gasteiger partial charge on any atom is 0.124 e. The minimum atomic E-state index is -0.212. The summed E-state index contributed by atoms with van der Waals surface area (Å²) in [5, 5.41) is 0. The van der Waals surface area contributed by atoms with Gasteiger partial charge >= 0.3 is 0 Å². The fourth-order valence-electron chi connectivity index (χ4n) is 3.11. The molecule has 0 aliphatic heterocycles. The van der Waals surface area contributed by atoms with E-state index in [4.69, 9.17) is 10.5 Å². The van der Waals surface area contributed by atoms with Gasteiger partial charge in [0.05, 0.1) is 6.61 Å². The van der Waals surface area contributed by atoms with E-state index in [0.29, 0.717) is 5.92 Å². The van der Waals surface area contributed by atoms with E-state index in [1.54, 1.807) is 0 Å². The first kappa shape index (κ1) is 14.4. The Bertz CT molecular complexity index is 417. The topological polar surface area (TPSA) is 35.2 Å². The molecular weight excluding hydrogens is 234 g/mol. The molecule has 1 aromatic carbocycles. The monoisotopic (exact) mass is 261 g/mol. The molecule has 0 spiro atoms. The summed E-state index contributed by atoms with van der Waals surface area (Å²) in [6.07, 6.45) is 4.35. The van der Waals surface area contributed by atoms with Gasteiger partial charge in [0.1, 0.15) is 5.75 Å². The van der Waals surface area contributed by atoms with E-state index in [1.807, 2.05) is 6.07 Å². The SMILES string of the molecule is CCCOc1ccccc1C1(N)CCC(C)C(C)C1. The predicted molar refractivity (Wildman–Crippen MR) is 80.3 cm³/mol. The molecule has 0 heterocycles. The van der Waals surface area contributed by atoms with Crippen LogP contribution in [0.5, 0.6) is 5.75 Å². The zero-order valence-electron chi connectivity index (χ0n) is 12.5. The van der Waals surface area contributed by atoms with Gasteiger partial charge in [0, 0.05) is 11.1 Å². The van der Waals surface area contributed by atoms with Crippen LogP contribution in [0.25, 0.3) is 0 Å². The number of benzene rings is 1. The quantitative estimate of drug-likeness (QED) is 0.886. The summed E-state index contributed by atoms with van der Waals surface area (Å²) in [7, 11) is 0. The summed E-state index contributed by atoms with van der Waals surface area (Å²) in [4.78, 5) is 0. The fraction of sp³-hybridized carbons (Fsp3) is 0.647. The largest absolute Gasteiger partial charge is 0.493 e. The molecule has 2 N–H and O–H groups in total. The van der Waals surface area contributed by atoms with Crippen LogP contribution in [0.15, 0.2) is 24.3 Å². The van der Waals surface area contributed by atoms with Gasteiger partial charge in [-0.15, -0.1) is 0 Å². The number of hydrogen-bond acceptors (Lipinski definition) is 2. The second-order valence-electron chi connectivity index (χ2n) is 6.20. The molecule has 0 saturated heterocycles. The van der Waals surface area contributed by atoms with Crippen molar-refractivity contribution in [1.29, 1.82) is 0 Å². The van der Waals surface area contributed by atoms with Crippen molar-refractivity contribution in [3.8, 4) is 5.75 Å². The third-order valence-electron chi connectivity index (χ3n) is 4.59. The minimum Gasteiger partial charge on any atom is -0.493 e. The van der Waals surface area contributed by atoms with Crippen molar-refractivity contribution in [2.75, 3.05) is 6.61 Å². The number of rotatable bonds is 4. The Hall–Kier alpha value is -1.02. The van der Waals surface area contributed by atoms with Crippen LogP contribution in [0, 0.1) is 11.8 Å². The lowest BCUT2D eigenvalue weighted by Crippen LogP contribution is -2.43. The van der Waals surface area contributed by atoms with Crippen LogP contribution in [-0.4, -0.2) is 6.61 Å². The average Bonchev–Trinajstić information content (AvgIpc) is 2.41. The lowest BCUT2D eigenvalue weighted by molar-refractivity contribution is 0.172. The molecule has 0 bridgehead atoms. The van der Waals surface area contributed by atoms with Crippen LogP contribution in [-0.2, 0) is 5.54 Å². The summed E-state index contributed by atoms with van der Waals surface area (Å²) >= 11 is 0. The van der Waals surface area contributed by atoms with Gasteiger partial charge < -0.3 is 10.5 Å². The van der Waals surface area contributed by atoms with Gasteiger partial charge in [0.2, 0.25) is 0 Å². The maximum atomic E-state index is 6.73. The Morgan fingerprint density at radius 1 is 1.26 bits per heavy atom. The van der Waals surface area contributed by atoms with Gasteiger partial charge in [-0.25, -0.2) is 0 Å². The Balaban J connectivity index is 2.25. The molecule has 2 heteroatoms. The van der Waals surface area contributed by atoms with E-state index in [-0.39, 0.29) is 5.54 Å². The molecule has 0 radical (unpaired) electrons. The molecule has 19 heavy (non-hydrogen) atoms. The molecule has 3 unspecified atom stereocenters. The summed E-state index contributed by atoms with van der Waals surface area (Å²) in [5.74, 6) is 2.44.